The number of hydrogen-bond acceptors (Lipinski definition) is 4. The van der Waals surface area contributed by atoms with E-state index in [0.29, 0.717) is 13.0 Å². The van der Waals surface area contributed by atoms with Crippen molar-refractivity contribution in [2.24, 2.45) is 0 Å². The van der Waals surface area contributed by atoms with Gasteiger partial charge in [-0.15, -0.1) is 0 Å². The van der Waals surface area contributed by atoms with Crippen molar-refractivity contribution in [3.63, 3.8) is 0 Å². The highest BCUT2D eigenvalue weighted by atomic mass is 16.7. The molecule has 0 amide bonds. The molecule has 2 atom stereocenters. The normalized spacial score (nSPS) is 25.2. The van der Waals surface area contributed by atoms with Crippen LogP contribution in [0.2, 0.25) is 0 Å². The second-order valence-corrected chi connectivity index (χ2v) is 3.41. The first-order valence-electron chi connectivity index (χ1n) is 5.29. The van der Waals surface area contributed by atoms with E-state index >= 15 is 0 Å². The van der Waals surface area contributed by atoms with Crippen molar-refractivity contribution in [3.05, 3.63) is 12.2 Å². The van der Waals surface area contributed by atoms with E-state index in [1.165, 1.54) is 0 Å². The Kier molecular flexibility index (Phi) is 5.36. The number of unbranched alkanes of at least 4 members (excludes halogenated alkanes) is 1. The Hall–Kier alpha value is -0.870. The highest BCUT2D eigenvalue weighted by Gasteiger charge is 2.25. The first-order chi connectivity index (χ1) is 7.27. The average Bonchev–Trinajstić information content (AvgIpc) is 2.29. The number of methoxy groups -OCH3 is 1. The lowest BCUT2D eigenvalue weighted by molar-refractivity contribution is -0.178. The van der Waals surface area contributed by atoms with E-state index in [4.69, 9.17) is 14.2 Å². The summed E-state index contributed by atoms with van der Waals surface area (Å²) in [6.07, 6.45) is 5.19. The maximum absolute atomic E-state index is 11.5. The van der Waals surface area contributed by atoms with Crippen molar-refractivity contribution in [1.82, 2.24) is 0 Å². The quantitative estimate of drug-likeness (QED) is 0.396. The van der Waals surface area contributed by atoms with Crippen LogP contribution in [0.1, 0.15) is 26.2 Å². The first kappa shape index (κ1) is 12.2. The summed E-state index contributed by atoms with van der Waals surface area (Å²) in [5, 5.41) is 0. The van der Waals surface area contributed by atoms with Gasteiger partial charge in [-0.3, -0.25) is 0 Å². The highest BCUT2D eigenvalue weighted by molar-refractivity contribution is 5.75. The monoisotopic (exact) mass is 214 g/mol. The maximum atomic E-state index is 11.5. The zero-order valence-corrected chi connectivity index (χ0v) is 9.27. The lowest BCUT2D eigenvalue weighted by atomic mass is 10.2. The average molecular weight is 214 g/mol. The van der Waals surface area contributed by atoms with E-state index < -0.39 is 12.4 Å². The van der Waals surface area contributed by atoms with Crippen molar-refractivity contribution in [2.45, 2.75) is 38.6 Å². The van der Waals surface area contributed by atoms with Gasteiger partial charge in [0, 0.05) is 13.5 Å². The van der Waals surface area contributed by atoms with Crippen LogP contribution in [0, 0.1) is 0 Å². The number of ether oxygens (including phenoxy) is 3. The summed E-state index contributed by atoms with van der Waals surface area (Å²) in [6, 6.07) is 0. The van der Waals surface area contributed by atoms with Gasteiger partial charge in [0.2, 0.25) is 0 Å². The van der Waals surface area contributed by atoms with E-state index in [1.54, 1.807) is 13.2 Å². The Labute approximate surface area is 90.2 Å². The summed E-state index contributed by atoms with van der Waals surface area (Å²) in [6.45, 7) is 2.52. The molecule has 15 heavy (non-hydrogen) atoms. The molecule has 1 aliphatic rings. The molecule has 0 radical (unpaired) electrons. The maximum Gasteiger partial charge on any atom is 0.335 e. The lowest BCUT2D eigenvalue weighted by Gasteiger charge is -2.23. The molecular weight excluding hydrogens is 196 g/mol. The molecule has 0 spiro atoms. The molecule has 0 aromatic carbocycles. The minimum absolute atomic E-state index is 0.296. The second kappa shape index (κ2) is 6.58. The third kappa shape index (κ3) is 4.01. The smallest absolute Gasteiger partial charge is 0.335 e. The summed E-state index contributed by atoms with van der Waals surface area (Å²) in [4.78, 5) is 11.5. The van der Waals surface area contributed by atoms with Crippen molar-refractivity contribution in [2.75, 3.05) is 13.7 Å². The molecule has 0 saturated carbocycles. The molecule has 4 heteroatoms. The van der Waals surface area contributed by atoms with Gasteiger partial charge >= 0.3 is 5.97 Å². The third-order valence-electron chi connectivity index (χ3n) is 2.18. The van der Waals surface area contributed by atoms with Gasteiger partial charge in [-0.05, 0) is 12.5 Å². The van der Waals surface area contributed by atoms with E-state index in [1.807, 2.05) is 6.08 Å². The zero-order valence-electron chi connectivity index (χ0n) is 9.27. The van der Waals surface area contributed by atoms with Crippen LogP contribution in [-0.4, -0.2) is 32.1 Å². The van der Waals surface area contributed by atoms with Gasteiger partial charge in [-0.25, -0.2) is 4.79 Å². The summed E-state index contributed by atoms with van der Waals surface area (Å²) in [5.74, 6) is -0.296. The molecule has 0 aliphatic carbocycles. The molecule has 1 aliphatic heterocycles. The Morgan fingerprint density at radius 3 is 3.07 bits per heavy atom. The molecule has 0 saturated heterocycles. The number of carbonyl (C=O) groups is 1. The SMILES string of the molecule is CCCCOC(=O)[C@@H]1CC=C[C@@H](OC)O1. The van der Waals surface area contributed by atoms with Crippen molar-refractivity contribution >= 4 is 5.97 Å². The summed E-state index contributed by atoms with van der Waals surface area (Å²) >= 11 is 0. The minimum atomic E-state index is -0.517. The van der Waals surface area contributed by atoms with Crippen molar-refractivity contribution in [3.8, 4) is 0 Å². The van der Waals surface area contributed by atoms with E-state index in [2.05, 4.69) is 6.92 Å². The van der Waals surface area contributed by atoms with Gasteiger partial charge in [0.05, 0.1) is 6.61 Å². The number of carbonyl (C=O) groups excluding carboxylic acids is 1. The molecule has 86 valence electrons. The summed E-state index contributed by atoms with van der Waals surface area (Å²) in [5.41, 5.74) is 0. The van der Waals surface area contributed by atoms with Gasteiger partial charge in [0.15, 0.2) is 12.4 Å². The summed E-state index contributed by atoms with van der Waals surface area (Å²) < 4.78 is 15.4. The molecule has 4 nitrogen and oxygen atoms in total. The van der Waals surface area contributed by atoms with Crippen molar-refractivity contribution in [1.29, 1.82) is 0 Å². The van der Waals surface area contributed by atoms with E-state index in [9.17, 15) is 4.79 Å². The number of esters is 1. The molecule has 0 bridgehead atoms. The molecular formula is C11H18O4. The third-order valence-corrected chi connectivity index (χ3v) is 2.18. The summed E-state index contributed by atoms with van der Waals surface area (Å²) in [7, 11) is 1.54. The van der Waals surface area contributed by atoms with Crippen LogP contribution >= 0.6 is 0 Å². The predicted molar refractivity (Wildman–Crippen MR) is 55.3 cm³/mol. The molecule has 0 N–H and O–H groups in total. The molecule has 0 fully saturated rings. The van der Waals surface area contributed by atoms with Crippen molar-refractivity contribution < 1.29 is 19.0 Å². The van der Waals surface area contributed by atoms with Crippen LogP contribution in [0.4, 0.5) is 0 Å². The van der Waals surface area contributed by atoms with Gasteiger partial charge in [0.25, 0.3) is 0 Å². The first-order valence-corrected chi connectivity index (χ1v) is 5.29. The van der Waals surface area contributed by atoms with Crippen LogP contribution in [0.25, 0.3) is 0 Å². The lowest BCUT2D eigenvalue weighted by Crippen LogP contribution is -2.33. The van der Waals surface area contributed by atoms with Crippen LogP contribution in [0.3, 0.4) is 0 Å². The van der Waals surface area contributed by atoms with E-state index in [0.717, 1.165) is 12.8 Å². The van der Waals surface area contributed by atoms with Crippen LogP contribution < -0.4 is 0 Å². The van der Waals surface area contributed by atoms with Gasteiger partial charge in [0.1, 0.15) is 0 Å². The molecule has 1 heterocycles. The molecule has 0 aromatic rings. The second-order valence-electron chi connectivity index (χ2n) is 3.41. The van der Waals surface area contributed by atoms with E-state index in [-0.39, 0.29) is 5.97 Å². The number of rotatable bonds is 5. The molecule has 0 aromatic heterocycles. The van der Waals surface area contributed by atoms with Gasteiger partial charge in [-0.1, -0.05) is 19.4 Å². The van der Waals surface area contributed by atoms with Gasteiger partial charge < -0.3 is 14.2 Å². The minimum Gasteiger partial charge on any atom is -0.464 e. The largest absolute Gasteiger partial charge is 0.464 e. The number of hydrogen-bond donors (Lipinski definition) is 0. The molecule has 1 rings (SSSR count). The Morgan fingerprint density at radius 2 is 2.40 bits per heavy atom. The predicted octanol–water partition coefficient (Wildman–Crippen LogP) is 1.65. The fraction of sp³-hybridized carbons (Fsp3) is 0.727. The molecule has 0 unspecified atom stereocenters. The Morgan fingerprint density at radius 1 is 1.60 bits per heavy atom. The topological polar surface area (TPSA) is 44.8 Å². The van der Waals surface area contributed by atoms with Gasteiger partial charge in [-0.2, -0.15) is 0 Å². The van der Waals surface area contributed by atoms with Crippen LogP contribution in [0.15, 0.2) is 12.2 Å². The van der Waals surface area contributed by atoms with Crippen LogP contribution in [0.5, 0.6) is 0 Å². The Bertz CT molecular complexity index is 225. The zero-order chi connectivity index (χ0) is 11.1. The van der Waals surface area contributed by atoms with Crippen LogP contribution in [-0.2, 0) is 19.0 Å². The standard InChI is InChI=1S/C11H18O4/c1-3-4-8-14-11(12)9-6-5-7-10(13-2)15-9/h5,7,9-10H,3-4,6,8H2,1-2H3/t9-,10-/m0/s1. The fourth-order valence-corrected chi connectivity index (χ4v) is 1.27. The fourth-order valence-electron chi connectivity index (χ4n) is 1.27. The Balaban J connectivity index is 2.30. The highest BCUT2D eigenvalue weighted by Crippen LogP contribution is 2.14.